The number of aliphatic carboxylic acids is 1. The number of nitro benzene ring substituents is 1. The summed E-state index contributed by atoms with van der Waals surface area (Å²) in [7, 11) is 0. The monoisotopic (exact) mass is 515 g/mol. The van der Waals surface area contributed by atoms with Crippen molar-refractivity contribution in [3.8, 4) is 5.75 Å². The molecule has 0 saturated carbocycles. The third-order valence-corrected chi connectivity index (χ3v) is 6.93. The quantitative estimate of drug-likeness (QED) is 0.166. The lowest BCUT2D eigenvalue weighted by atomic mass is 9.75. The van der Waals surface area contributed by atoms with Gasteiger partial charge in [0.05, 0.1) is 22.4 Å². The van der Waals surface area contributed by atoms with Crippen LogP contribution in [0.1, 0.15) is 24.1 Å². The van der Waals surface area contributed by atoms with Crippen LogP contribution in [0.25, 0.3) is 0 Å². The van der Waals surface area contributed by atoms with Crippen molar-refractivity contribution < 1.29 is 33.9 Å². The highest BCUT2D eigenvalue weighted by molar-refractivity contribution is 6.24. The van der Waals surface area contributed by atoms with Gasteiger partial charge in [-0.2, -0.15) is 0 Å². The van der Waals surface area contributed by atoms with Crippen molar-refractivity contribution >= 4 is 35.1 Å². The summed E-state index contributed by atoms with van der Waals surface area (Å²) in [4.78, 5) is 63.6. The summed E-state index contributed by atoms with van der Waals surface area (Å²) >= 11 is 0. The van der Waals surface area contributed by atoms with Crippen molar-refractivity contribution in [3.63, 3.8) is 0 Å². The Kier molecular flexibility index (Phi) is 6.00. The third kappa shape index (κ3) is 3.80. The molecule has 0 aromatic heterocycles. The number of carbonyl (C=O) groups excluding carboxylic acids is 3. The maximum absolute atomic E-state index is 13.9. The van der Waals surface area contributed by atoms with E-state index in [1.807, 2.05) is 0 Å². The van der Waals surface area contributed by atoms with Crippen LogP contribution in [0.4, 0.5) is 11.4 Å². The SMILES string of the molecule is CC(=O)Oc1ccc(C2NC(C(=O)O)(c3ccccc3)C3C(=O)N(c4cccc([N+](=O)[O-])c4)C(=O)C23)cc1. The topological polar surface area (TPSA) is 156 Å². The highest BCUT2D eigenvalue weighted by atomic mass is 16.6. The Balaban J connectivity index is 1.66. The summed E-state index contributed by atoms with van der Waals surface area (Å²) in [6.07, 6.45) is 0. The second-order valence-electron chi connectivity index (χ2n) is 9.06. The molecule has 38 heavy (non-hydrogen) atoms. The first kappa shape index (κ1) is 24.8. The second-order valence-corrected chi connectivity index (χ2v) is 9.06. The van der Waals surface area contributed by atoms with Crippen LogP contribution in [0.5, 0.6) is 5.75 Å². The molecule has 2 saturated heterocycles. The number of ether oxygens (including phenoxy) is 1. The number of nitrogens with one attached hydrogen (secondary N) is 1. The summed E-state index contributed by atoms with van der Waals surface area (Å²) in [5, 5.41) is 25.0. The number of nitro groups is 1. The highest BCUT2D eigenvalue weighted by Crippen LogP contribution is 2.53. The van der Waals surface area contributed by atoms with Gasteiger partial charge < -0.3 is 9.84 Å². The molecular weight excluding hydrogens is 494 g/mol. The maximum Gasteiger partial charge on any atom is 0.329 e. The molecule has 5 rings (SSSR count). The van der Waals surface area contributed by atoms with Crippen molar-refractivity contribution in [1.29, 1.82) is 0 Å². The average molecular weight is 515 g/mol. The molecular formula is C27H21N3O8. The highest BCUT2D eigenvalue weighted by Gasteiger charge is 2.69. The number of carboxylic acid groups (broad SMARTS) is 1. The minimum atomic E-state index is -1.96. The van der Waals surface area contributed by atoms with Gasteiger partial charge in [-0.25, -0.2) is 9.69 Å². The zero-order chi connectivity index (χ0) is 27.2. The van der Waals surface area contributed by atoms with Crippen LogP contribution in [-0.2, 0) is 24.7 Å². The summed E-state index contributed by atoms with van der Waals surface area (Å²) < 4.78 is 5.07. The minimum absolute atomic E-state index is 0.0140. The van der Waals surface area contributed by atoms with E-state index in [9.17, 15) is 34.4 Å². The van der Waals surface area contributed by atoms with Crippen LogP contribution in [0, 0.1) is 22.0 Å². The predicted molar refractivity (Wildman–Crippen MR) is 132 cm³/mol. The first-order valence-electron chi connectivity index (χ1n) is 11.6. The number of amides is 2. The Morgan fingerprint density at radius 2 is 1.68 bits per heavy atom. The fourth-order valence-electron chi connectivity index (χ4n) is 5.39. The van der Waals surface area contributed by atoms with E-state index in [4.69, 9.17) is 4.74 Å². The lowest BCUT2D eigenvalue weighted by Crippen LogP contribution is -2.53. The molecule has 2 fully saturated rings. The number of hydrogen-bond acceptors (Lipinski definition) is 8. The molecule has 11 heteroatoms. The van der Waals surface area contributed by atoms with Gasteiger partial charge in [0, 0.05) is 25.1 Å². The Bertz CT molecular complexity index is 1470. The maximum atomic E-state index is 13.9. The van der Waals surface area contributed by atoms with Crippen LogP contribution in [0.2, 0.25) is 0 Å². The van der Waals surface area contributed by atoms with Crippen LogP contribution in [-0.4, -0.2) is 33.8 Å². The van der Waals surface area contributed by atoms with Crippen LogP contribution in [0.3, 0.4) is 0 Å². The molecule has 0 spiro atoms. The van der Waals surface area contributed by atoms with E-state index < -0.39 is 52.1 Å². The minimum Gasteiger partial charge on any atom is -0.480 e. The zero-order valence-electron chi connectivity index (χ0n) is 19.9. The molecule has 3 aromatic rings. The van der Waals surface area contributed by atoms with Crippen LogP contribution < -0.4 is 15.0 Å². The fourth-order valence-corrected chi connectivity index (χ4v) is 5.39. The van der Waals surface area contributed by atoms with Gasteiger partial charge in [0.15, 0.2) is 5.54 Å². The Hall–Kier alpha value is -4.90. The van der Waals surface area contributed by atoms with Gasteiger partial charge in [0.1, 0.15) is 5.75 Å². The van der Waals surface area contributed by atoms with E-state index in [2.05, 4.69) is 5.32 Å². The number of nitrogens with zero attached hydrogens (tertiary/aromatic N) is 2. The molecule has 2 N–H and O–H groups in total. The average Bonchev–Trinajstić information content (AvgIpc) is 3.39. The number of anilines is 1. The van der Waals surface area contributed by atoms with Crippen molar-refractivity contribution in [3.05, 3.63) is 100 Å². The molecule has 11 nitrogen and oxygen atoms in total. The zero-order valence-corrected chi connectivity index (χ0v) is 19.9. The van der Waals surface area contributed by atoms with E-state index in [-0.39, 0.29) is 22.7 Å². The molecule has 0 radical (unpaired) electrons. The molecule has 4 atom stereocenters. The molecule has 0 aliphatic carbocycles. The molecule has 2 heterocycles. The van der Waals surface area contributed by atoms with E-state index in [0.29, 0.717) is 5.56 Å². The number of non-ortho nitro benzene ring substituents is 1. The number of carboxylic acids is 1. The van der Waals surface area contributed by atoms with Crippen LogP contribution >= 0.6 is 0 Å². The van der Waals surface area contributed by atoms with E-state index in [1.54, 1.807) is 42.5 Å². The lowest BCUT2D eigenvalue weighted by molar-refractivity contribution is -0.384. The summed E-state index contributed by atoms with van der Waals surface area (Å²) in [5.41, 5.74) is -1.52. The molecule has 4 unspecified atom stereocenters. The number of hydrogen-bond donors (Lipinski definition) is 2. The Morgan fingerprint density at radius 3 is 2.29 bits per heavy atom. The van der Waals surface area contributed by atoms with Gasteiger partial charge in [-0.05, 0) is 29.3 Å². The molecule has 3 aromatic carbocycles. The summed E-state index contributed by atoms with van der Waals surface area (Å²) in [5.74, 6) is -5.56. The molecule has 192 valence electrons. The fraction of sp³-hybridized carbons (Fsp3) is 0.185. The number of benzene rings is 3. The van der Waals surface area contributed by atoms with Gasteiger partial charge in [-0.3, -0.25) is 29.8 Å². The lowest BCUT2D eigenvalue weighted by Gasteiger charge is -2.31. The van der Waals surface area contributed by atoms with Gasteiger partial charge in [0.2, 0.25) is 11.8 Å². The van der Waals surface area contributed by atoms with Gasteiger partial charge in [0.25, 0.3) is 5.69 Å². The van der Waals surface area contributed by atoms with Crippen molar-refractivity contribution in [2.24, 2.45) is 11.8 Å². The first-order valence-corrected chi connectivity index (χ1v) is 11.6. The standard InChI is InChI=1S/C27H21N3O8/c1-15(31)38-20-12-10-16(11-13-20)23-21-22(27(28-23,26(34)35)17-6-3-2-4-7-17)25(33)29(24(21)32)18-8-5-9-19(14-18)30(36)37/h2-14,21-23,28H,1H3,(H,34,35). The molecule has 2 amide bonds. The van der Waals surface area contributed by atoms with Crippen LogP contribution in [0.15, 0.2) is 78.9 Å². The number of fused-ring (bicyclic) bond motifs is 1. The largest absolute Gasteiger partial charge is 0.480 e. The second kappa shape index (κ2) is 9.20. The third-order valence-electron chi connectivity index (χ3n) is 6.93. The first-order chi connectivity index (χ1) is 18.1. The van der Waals surface area contributed by atoms with E-state index in [1.165, 1.54) is 37.3 Å². The number of imide groups is 1. The molecule has 2 aliphatic heterocycles. The van der Waals surface area contributed by atoms with Crippen molar-refractivity contribution in [1.82, 2.24) is 5.32 Å². The Morgan fingerprint density at radius 1 is 1.00 bits per heavy atom. The van der Waals surface area contributed by atoms with E-state index >= 15 is 0 Å². The van der Waals surface area contributed by atoms with Gasteiger partial charge in [-0.15, -0.1) is 0 Å². The van der Waals surface area contributed by atoms with Gasteiger partial charge >= 0.3 is 11.9 Å². The summed E-state index contributed by atoms with van der Waals surface area (Å²) in [6, 6.07) is 18.5. The van der Waals surface area contributed by atoms with Gasteiger partial charge in [-0.1, -0.05) is 48.5 Å². The number of carbonyl (C=O) groups is 4. The van der Waals surface area contributed by atoms with Crippen molar-refractivity contribution in [2.45, 2.75) is 18.5 Å². The number of rotatable bonds is 6. The predicted octanol–water partition coefficient (Wildman–Crippen LogP) is 2.95. The Labute approximate surface area is 215 Å². The van der Waals surface area contributed by atoms with E-state index in [0.717, 1.165) is 11.0 Å². The number of esters is 1. The smallest absolute Gasteiger partial charge is 0.329 e. The molecule has 0 bridgehead atoms. The summed E-state index contributed by atoms with van der Waals surface area (Å²) in [6.45, 7) is 1.25. The van der Waals surface area contributed by atoms with Crippen molar-refractivity contribution in [2.75, 3.05) is 4.90 Å². The molecule has 2 aliphatic rings. The normalized spacial score (nSPS) is 24.2.